The third-order valence-electron chi connectivity index (χ3n) is 3.75. The topological polar surface area (TPSA) is 55.1 Å². The van der Waals surface area contributed by atoms with Crippen LogP contribution in [-0.2, 0) is 6.18 Å². The zero-order valence-corrected chi connectivity index (χ0v) is 14.3. The molecule has 0 unspecified atom stereocenters. The smallest absolute Gasteiger partial charge is 0.416 e. The predicted molar refractivity (Wildman–Crippen MR) is 92.7 cm³/mol. The minimum absolute atomic E-state index is 0.186. The molecule has 4 nitrogen and oxygen atoms in total. The molecule has 134 valence electrons. The number of carboxylic acids is 1. The molecule has 0 atom stereocenters. The van der Waals surface area contributed by atoms with Gasteiger partial charge in [0.25, 0.3) is 0 Å². The Morgan fingerprint density at radius 3 is 2.19 bits per heavy atom. The fourth-order valence-corrected chi connectivity index (χ4v) is 2.85. The van der Waals surface area contributed by atoms with Crippen molar-refractivity contribution in [3.63, 3.8) is 0 Å². The average Bonchev–Trinajstić information content (AvgIpc) is 3.07. The molecule has 1 heterocycles. The molecule has 0 aliphatic rings. The maximum atomic E-state index is 12.7. The van der Waals surface area contributed by atoms with Gasteiger partial charge in [-0.2, -0.15) is 18.3 Å². The molecule has 0 spiro atoms. The number of aromatic nitrogens is 2. The van der Waals surface area contributed by atoms with Crippen LogP contribution < -0.4 is 0 Å². The lowest BCUT2D eigenvalue weighted by Crippen LogP contribution is -2.06. The van der Waals surface area contributed by atoms with Crippen molar-refractivity contribution >= 4 is 17.7 Å². The molecule has 0 aliphatic heterocycles. The van der Waals surface area contributed by atoms with E-state index in [1.807, 2.05) is 30.5 Å². The first-order valence-corrected chi connectivity index (χ1v) is 8.67. The van der Waals surface area contributed by atoms with Crippen LogP contribution in [-0.4, -0.2) is 27.1 Å². The van der Waals surface area contributed by atoms with Crippen molar-refractivity contribution in [2.75, 3.05) is 6.26 Å². The molecular formula is C18H13F3N2O2S. The molecular weight excluding hydrogens is 365 g/mol. The van der Waals surface area contributed by atoms with Crippen LogP contribution in [0, 0.1) is 0 Å². The van der Waals surface area contributed by atoms with E-state index in [1.54, 1.807) is 11.8 Å². The number of carbonyl (C=O) groups is 1. The second-order valence-electron chi connectivity index (χ2n) is 5.40. The van der Waals surface area contributed by atoms with Crippen LogP contribution >= 0.6 is 11.8 Å². The summed E-state index contributed by atoms with van der Waals surface area (Å²) in [5.41, 5.74) is 0.568. The first-order chi connectivity index (χ1) is 12.3. The number of hydrogen-bond acceptors (Lipinski definition) is 3. The molecule has 0 radical (unpaired) electrons. The highest BCUT2D eigenvalue weighted by Crippen LogP contribution is 2.31. The zero-order chi connectivity index (χ0) is 18.9. The van der Waals surface area contributed by atoms with Gasteiger partial charge in [0.05, 0.1) is 16.9 Å². The number of thioether (sulfide) groups is 1. The van der Waals surface area contributed by atoms with Gasteiger partial charge in [-0.05, 0) is 48.7 Å². The van der Waals surface area contributed by atoms with Crippen LogP contribution in [0.5, 0.6) is 0 Å². The summed E-state index contributed by atoms with van der Waals surface area (Å²) in [7, 11) is 0. The molecule has 1 aromatic heterocycles. The Bertz CT molecular complexity index is 933. The molecule has 0 saturated carbocycles. The van der Waals surface area contributed by atoms with Crippen molar-refractivity contribution < 1.29 is 23.1 Å². The molecule has 1 N–H and O–H groups in total. The largest absolute Gasteiger partial charge is 0.476 e. The fraction of sp³-hybridized carbons (Fsp3) is 0.111. The number of nitrogens with zero attached hydrogens (tertiary/aromatic N) is 2. The van der Waals surface area contributed by atoms with Crippen LogP contribution in [0.4, 0.5) is 13.2 Å². The average molecular weight is 378 g/mol. The summed E-state index contributed by atoms with van der Waals surface area (Å²) in [6.45, 7) is 0. The van der Waals surface area contributed by atoms with Crippen molar-refractivity contribution in [2.24, 2.45) is 0 Å². The van der Waals surface area contributed by atoms with E-state index in [-0.39, 0.29) is 5.69 Å². The minimum atomic E-state index is -4.44. The van der Waals surface area contributed by atoms with E-state index in [0.29, 0.717) is 16.9 Å². The van der Waals surface area contributed by atoms with Crippen molar-refractivity contribution in [3.05, 3.63) is 65.9 Å². The maximum absolute atomic E-state index is 12.7. The first kappa shape index (κ1) is 18.1. The standard InChI is InChI=1S/C18H13F3N2O2S/c1-26-14-8-2-11(3-9-14)16-10-15(17(24)25)22-23(16)13-6-4-12(5-7-13)18(19,20)21/h2-10H,1H3,(H,24,25). The molecule has 0 amide bonds. The minimum Gasteiger partial charge on any atom is -0.476 e. The van der Waals surface area contributed by atoms with Crippen LogP contribution in [0.15, 0.2) is 59.5 Å². The fourth-order valence-electron chi connectivity index (χ4n) is 2.44. The Labute approximate surface area is 151 Å². The molecule has 3 aromatic rings. The van der Waals surface area contributed by atoms with Gasteiger partial charge in [-0.1, -0.05) is 12.1 Å². The molecule has 0 aliphatic carbocycles. The van der Waals surface area contributed by atoms with Gasteiger partial charge in [0.1, 0.15) is 0 Å². The highest BCUT2D eigenvalue weighted by molar-refractivity contribution is 7.98. The van der Waals surface area contributed by atoms with Crippen LogP contribution in [0.3, 0.4) is 0 Å². The van der Waals surface area contributed by atoms with Gasteiger partial charge in [-0.25, -0.2) is 9.48 Å². The van der Waals surface area contributed by atoms with Crippen LogP contribution in [0.1, 0.15) is 16.1 Å². The molecule has 8 heteroatoms. The summed E-state index contributed by atoms with van der Waals surface area (Å²) in [4.78, 5) is 12.3. The summed E-state index contributed by atoms with van der Waals surface area (Å²) in [6, 6.07) is 13.2. The second kappa shape index (κ2) is 6.87. The number of aromatic carboxylic acids is 1. The third kappa shape index (κ3) is 3.60. The first-order valence-electron chi connectivity index (χ1n) is 7.45. The lowest BCUT2D eigenvalue weighted by atomic mass is 10.1. The van der Waals surface area contributed by atoms with Gasteiger partial charge in [0, 0.05) is 10.5 Å². The highest BCUT2D eigenvalue weighted by atomic mass is 32.2. The Kier molecular flexibility index (Phi) is 4.78. The molecule has 0 bridgehead atoms. The van der Waals surface area contributed by atoms with Crippen LogP contribution in [0.2, 0.25) is 0 Å². The molecule has 26 heavy (non-hydrogen) atoms. The SMILES string of the molecule is CSc1ccc(-c2cc(C(=O)O)nn2-c2ccc(C(F)(F)F)cc2)cc1. The van der Waals surface area contributed by atoms with Crippen molar-refractivity contribution in [1.29, 1.82) is 0 Å². The van der Waals surface area contributed by atoms with Gasteiger partial charge in [-0.15, -0.1) is 11.8 Å². The molecule has 0 fully saturated rings. The quantitative estimate of drug-likeness (QED) is 0.651. The van der Waals surface area contributed by atoms with Crippen LogP contribution in [0.25, 0.3) is 16.9 Å². The van der Waals surface area contributed by atoms with E-state index >= 15 is 0 Å². The number of rotatable bonds is 4. The number of halogens is 3. The second-order valence-corrected chi connectivity index (χ2v) is 6.28. The maximum Gasteiger partial charge on any atom is 0.416 e. The Morgan fingerprint density at radius 2 is 1.69 bits per heavy atom. The van der Waals surface area contributed by atoms with Crippen molar-refractivity contribution in [1.82, 2.24) is 9.78 Å². The van der Waals surface area contributed by atoms with Gasteiger partial charge in [0.2, 0.25) is 0 Å². The monoisotopic (exact) mass is 378 g/mol. The lowest BCUT2D eigenvalue weighted by molar-refractivity contribution is -0.137. The van der Waals surface area contributed by atoms with E-state index in [0.717, 1.165) is 17.0 Å². The number of alkyl halides is 3. The van der Waals surface area contributed by atoms with Crippen molar-refractivity contribution in [2.45, 2.75) is 11.1 Å². The van der Waals surface area contributed by atoms with E-state index in [9.17, 15) is 23.1 Å². The third-order valence-corrected chi connectivity index (χ3v) is 4.50. The van der Waals surface area contributed by atoms with Gasteiger partial charge in [-0.3, -0.25) is 0 Å². The Morgan fingerprint density at radius 1 is 1.08 bits per heavy atom. The summed E-state index contributed by atoms with van der Waals surface area (Å²) in [5, 5.41) is 13.2. The Balaban J connectivity index is 2.09. The van der Waals surface area contributed by atoms with E-state index < -0.39 is 17.7 Å². The van der Waals surface area contributed by atoms with Crippen molar-refractivity contribution in [3.8, 4) is 16.9 Å². The highest BCUT2D eigenvalue weighted by Gasteiger charge is 2.30. The number of carboxylic acid groups (broad SMARTS) is 1. The van der Waals surface area contributed by atoms with E-state index in [2.05, 4.69) is 5.10 Å². The van der Waals surface area contributed by atoms with Gasteiger partial charge < -0.3 is 5.11 Å². The lowest BCUT2D eigenvalue weighted by Gasteiger charge is -2.10. The molecule has 3 rings (SSSR count). The molecule has 0 saturated heterocycles. The van der Waals surface area contributed by atoms with Gasteiger partial charge >= 0.3 is 12.1 Å². The number of benzene rings is 2. The van der Waals surface area contributed by atoms with E-state index in [1.165, 1.54) is 22.9 Å². The normalized spacial score (nSPS) is 11.5. The summed E-state index contributed by atoms with van der Waals surface area (Å²) >= 11 is 1.56. The predicted octanol–water partition coefficient (Wildman–Crippen LogP) is 4.98. The number of hydrogen-bond donors (Lipinski definition) is 1. The Hall–Kier alpha value is -2.74. The van der Waals surface area contributed by atoms with E-state index in [4.69, 9.17) is 0 Å². The summed E-state index contributed by atoms with van der Waals surface area (Å²) in [5.74, 6) is -1.21. The zero-order valence-electron chi connectivity index (χ0n) is 13.5. The summed E-state index contributed by atoms with van der Waals surface area (Å²) in [6.07, 6.45) is -2.50. The van der Waals surface area contributed by atoms with Gasteiger partial charge in [0.15, 0.2) is 5.69 Å². The molecule has 2 aromatic carbocycles. The summed E-state index contributed by atoms with van der Waals surface area (Å²) < 4.78 is 39.6.